The molecule has 1 amide bonds. The van der Waals surface area contributed by atoms with Crippen LogP contribution in [0, 0.1) is 5.92 Å². The number of carbonyl (C=O) groups excluding carboxylic acids is 1. The zero-order chi connectivity index (χ0) is 14.5. The molecule has 2 atom stereocenters. The lowest BCUT2D eigenvalue weighted by atomic mass is 10.0. The van der Waals surface area contributed by atoms with E-state index in [0.717, 1.165) is 37.1 Å². The van der Waals surface area contributed by atoms with Gasteiger partial charge in [0.25, 0.3) is 5.91 Å². The number of hydrogen-bond donors (Lipinski definition) is 2. The van der Waals surface area contributed by atoms with E-state index in [0.29, 0.717) is 5.92 Å². The summed E-state index contributed by atoms with van der Waals surface area (Å²) in [7, 11) is 1.91. The molecule has 2 N–H and O–H groups in total. The van der Waals surface area contributed by atoms with Crippen molar-refractivity contribution in [3.63, 3.8) is 0 Å². The predicted octanol–water partition coefficient (Wildman–Crippen LogP) is 1.29. The minimum absolute atomic E-state index is 0.0418. The zero-order valence-electron chi connectivity index (χ0n) is 12.3. The maximum Gasteiger partial charge on any atom is 0.254 e. The molecule has 1 aliphatic rings. The van der Waals surface area contributed by atoms with Crippen LogP contribution < -0.4 is 5.32 Å². The van der Waals surface area contributed by atoms with Gasteiger partial charge < -0.3 is 15.3 Å². The van der Waals surface area contributed by atoms with E-state index in [4.69, 9.17) is 0 Å². The van der Waals surface area contributed by atoms with Crippen molar-refractivity contribution in [3.8, 4) is 0 Å². The van der Waals surface area contributed by atoms with Gasteiger partial charge >= 0.3 is 0 Å². The fourth-order valence-electron chi connectivity index (χ4n) is 2.90. The average molecular weight is 276 g/mol. The van der Waals surface area contributed by atoms with Crippen LogP contribution in [0.3, 0.4) is 0 Å². The van der Waals surface area contributed by atoms with Gasteiger partial charge in [-0.25, -0.2) is 0 Å². The Morgan fingerprint density at radius 2 is 2.20 bits per heavy atom. The van der Waals surface area contributed by atoms with Crippen molar-refractivity contribution in [2.24, 2.45) is 5.92 Å². The average Bonchev–Trinajstić information content (AvgIpc) is 2.85. The number of amides is 1. The number of rotatable bonds is 5. The standard InChI is InChI=1S/C16H24N2O2/c1-12-8-10-18(15(12)11-19)16(20)14-6-4-3-5-13(14)7-9-17-2/h3-6,12,15,17,19H,7-11H2,1-2H3. The molecule has 1 heterocycles. The summed E-state index contributed by atoms with van der Waals surface area (Å²) >= 11 is 0. The molecule has 0 aromatic heterocycles. The highest BCUT2D eigenvalue weighted by molar-refractivity contribution is 5.96. The molecule has 1 aliphatic heterocycles. The number of nitrogens with one attached hydrogen (secondary N) is 1. The Kier molecular flexibility index (Phi) is 5.15. The normalized spacial score (nSPS) is 22.2. The van der Waals surface area contributed by atoms with Gasteiger partial charge in [0.05, 0.1) is 12.6 Å². The quantitative estimate of drug-likeness (QED) is 0.852. The third-order valence-electron chi connectivity index (χ3n) is 4.22. The smallest absolute Gasteiger partial charge is 0.254 e. The lowest BCUT2D eigenvalue weighted by molar-refractivity contribution is 0.0647. The number of hydrogen-bond acceptors (Lipinski definition) is 3. The maximum atomic E-state index is 12.7. The molecular formula is C16H24N2O2. The van der Waals surface area contributed by atoms with Crippen molar-refractivity contribution in [2.45, 2.75) is 25.8 Å². The van der Waals surface area contributed by atoms with Crippen molar-refractivity contribution in [2.75, 3.05) is 26.7 Å². The highest BCUT2D eigenvalue weighted by atomic mass is 16.3. The number of aliphatic hydroxyl groups excluding tert-OH is 1. The first kappa shape index (κ1) is 15.0. The number of likely N-dealkylation sites (tertiary alicyclic amines) is 1. The Balaban J connectivity index is 2.20. The summed E-state index contributed by atoms with van der Waals surface area (Å²) in [5.74, 6) is 0.425. The van der Waals surface area contributed by atoms with Gasteiger partial charge in [0.2, 0.25) is 0 Å². The van der Waals surface area contributed by atoms with Crippen LogP contribution in [0.1, 0.15) is 29.3 Å². The monoisotopic (exact) mass is 276 g/mol. The number of nitrogens with zero attached hydrogens (tertiary/aromatic N) is 1. The molecule has 0 aliphatic carbocycles. The van der Waals surface area contributed by atoms with Gasteiger partial charge in [-0.15, -0.1) is 0 Å². The molecule has 4 heteroatoms. The Morgan fingerprint density at radius 1 is 1.45 bits per heavy atom. The SMILES string of the molecule is CNCCc1ccccc1C(=O)N1CCC(C)C1CO. The second kappa shape index (κ2) is 6.86. The molecular weight excluding hydrogens is 252 g/mol. The van der Waals surface area contributed by atoms with Gasteiger partial charge in [-0.05, 0) is 44.0 Å². The van der Waals surface area contributed by atoms with E-state index >= 15 is 0 Å². The van der Waals surface area contributed by atoms with Crippen LogP contribution in [0.15, 0.2) is 24.3 Å². The van der Waals surface area contributed by atoms with Crippen LogP contribution in [-0.4, -0.2) is 48.7 Å². The molecule has 2 rings (SSSR count). The summed E-state index contributed by atoms with van der Waals surface area (Å²) in [6, 6.07) is 7.74. The van der Waals surface area contributed by atoms with Gasteiger partial charge in [-0.2, -0.15) is 0 Å². The van der Waals surface area contributed by atoms with E-state index in [1.165, 1.54) is 0 Å². The number of benzene rings is 1. The summed E-state index contributed by atoms with van der Waals surface area (Å²) < 4.78 is 0. The molecule has 1 aromatic carbocycles. The Hall–Kier alpha value is -1.39. The largest absolute Gasteiger partial charge is 0.394 e. The van der Waals surface area contributed by atoms with Crippen molar-refractivity contribution < 1.29 is 9.90 Å². The lowest BCUT2D eigenvalue weighted by Crippen LogP contribution is -2.40. The summed E-state index contributed by atoms with van der Waals surface area (Å²) in [5, 5.41) is 12.6. The van der Waals surface area contributed by atoms with Gasteiger partial charge in [-0.3, -0.25) is 4.79 Å². The number of carbonyl (C=O) groups is 1. The van der Waals surface area contributed by atoms with Gasteiger partial charge in [0, 0.05) is 12.1 Å². The Labute approximate surface area is 120 Å². The van der Waals surface area contributed by atoms with E-state index in [-0.39, 0.29) is 18.6 Å². The molecule has 1 aromatic rings. The van der Waals surface area contributed by atoms with Crippen LogP contribution in [0.5, 0.6) is 0 Å². The molecule has 2 unspecified atom stereocenters. The molecule has 4 nitrogen and oxygen atoms in total. The van der Waals surface area contributed by atoms with Crippen molar-refractivity contribution in [1.82, 2.24) is 10.2 Å². The van der Waals surface area contributed by atoms with Crippen molar-refractivity contribution in [3.05, 3.63) is 35.4 Å². The van der Waals surface area contributed by atoms with Crippen LogP contribution in [-0.2, 0) is 6.42 Å². The van der Waals surface area contributed by atoms with Crippen molar-refractivity contribution >= 4 is 5.91 Å². The van der Waals surface area contributed by atoms with E-state index in [1.54, 1.807) is 0 Å². The van der Waals surface area contributed by atoms with Gasteiger partial charge in [0.15, 0.2) is 0 Å². The van der Waals surface area contributed by atoms with Crippen molar-refractivity contribution in [1.29, 1.82) is 0 Å². The third kappa shape index (κ3) is 3.02. The molecule has 1 saturated heterocycles. The highest BCUT2D eigenvalue weighted by Crippen LogP contribution is 2.26. The molecule has 0 saturated carbocycles. The maximum absolute atomic E-state index is 12.7. The Morgan fingerprint density at radius 3 is 2.90 bits per heavy atom. The molecule has 110 valence electrons. The van der Waals surface area contributed by atoms with Gasteiger partial charge in [0.1, 0.15) is 0 Å². The topological polar surface area (TPSA) is 52.6 Å². The molecule has 0 bridgehead atoms. The van der Waals surface area contributed by atoms with Crippen LogP contribution in [0.25, 0.3) is 0 Å². The second-order valence-corrected chi connectivity index (χ2v) is 5.53. The van der Waals surface area contributed by atoms with Crippen LogP contribution in [0.2, 0.25) is 0 Å². The lowest BCUT2D eigenvalue weighted by Gasteiger charge is -2.26. The van der Waals surface area contributed by atoms with E-state index < -0.39 is 0 Å². The zero-order valence-corrected chi connectivity index (χ0v) is 12.3. The Bertz CT molecular complexity index is 462. The summed E-state index contributed by atoms with van der Waals surface area (Å²) in [4.78, 5) is 14.6. The van der Waals surface area contributed by atoms with E-state index in [9.17, 15) is 9.90 Å². The molecule has 1 fully saturated rings. The number of aliphatic hydroxyl groups is 1. The van der Waals surface area contributed by atoms with Crippen LogP contribution >= 0.6 is 0 Å². The fraction of sp³-hybridized carbons (Fsp3) is 0.562. The van der Waals surface area contributed by atoms with E-state index in [2.05, 4.69) is 12.2 Å². The minimum Gasteiger partial charge on any atom is -0.394 e. The van der Waals surface area contributed by atoms with Crippen LogP contribution in [0.4, 0.5) is 0 Å². The predicted molar refractivity (Wildman–Crippen MR) is 79.8 cm³/mol. The molecule has 0 spiro atoms. The second-order valence-electron chi connectivity index (χ2n) is 5.53. The summed E-state index contributed by atoms with van der Waals surface area (Å²) in [5.41, 5.74) is 1.85. The molecule has 20 heavy (non-hydrogen) atoms. The molecule has 0 radical (unpaired) electrons. The van der Waals surface area contributed by atoms with Gasteiger partial charge in [-0.1, -0.05) is 25.1 Å². The first-order valence-electron chi connectivity index (χ1n) is 7.33. The first-order chi connectivity index (χ1) is 9.69. The third-order valence-corrected chi connectivity index (χ3v) is 4.22. The summed E-state index contributed by atoms with van der Waals surface area (Å²) in [6.07, 6.45) is 1.81. The first-order valence-corrected chi connectivity index (χ1v) is 7.33. The van der Waals surface area contributed by atoms with E-state index in [1.807, 2.05) is 36.2 Å². The number of likely N-dealkylation sites (N-methyl/N-ethyl adjacent to an activating group) is 1. The highest BCUT2D eigenvalue weighted by Gasteiger charge is 2.34. The summed E-state index contributed by atoms with van der Waals surface area (Å²) in [6.45, 7) is 3.74. The fourth-order valence-corrected chi connectivity index (χ4v) is 2.90. The minimum atomic E-state index is -0.0418.